The summed E-state index contributed by atoms with van der Waals surface area (Å²) in [5.41, 5.74) is 1.88. The van der Waals surface area contributed by atoms with Crippen molar-refractivity contribution in [3.63, 3.8) is 0 Å². The molecular formula is C15H10OS2. The van der Waals surface area contributed by atoms with Crippen molar-refractivity contribution in [1.82, 2.24) is 0 Å². The Morgan fingerprint density at radius 2 is 1.61 bits per heavy atom. The molecule has 0 radical (unpaired) electrons. The third-order valence-corrected chi connectivity index (χ3v) is 4.90. The van der Waals surface area contributed by atoms with Gasteiger partial charge in [-0.3, -0.25) is 4.79 Å². The van der Waals surface area contributed by atoms with Crippen molar-refractivity contribution >= 4 is 29.0 Å². The molecule has 0 aliphatic carbocycles. The van der Waals surface area contributed by atoms with Crippen molar-refractivity contribution in [2.24, 2.45) is 0 Å². The predicted molar refractivity (Wildman–Crippen MR) is 78.5 cm³/mol. The Labute approximate surface area is 113 Å². The quantitative estimate of drug-likeness (QED) is 0.615. The zero-order valence-corrected chi connectivity index (χ0v) is 11.1. The molecule has 0 N–H and O–H groups in total. The zero-order valence-electron chi connectivity index (χ0n) is 9.50. The van der Waals surface area contributed by atoms with Crippen molar-refractivity contribution in [3.05, 3.63) is 59.5 Å². The number of rotatable bonds is 3. The molecule has 0 spiro atoms. The second-order valence-corrected chi connectivity index (χ2v) is 5.91. The van der Waals surface area contributed by atoms with E-state index in [2.05, 4.69) is 29.6 Å². The SMILES string of the molecule is O=Cc1ccc(-c2ccc(-c3cccs3)s2)cc1. The fraction of sp³-hybridized carbons (Fsp3) is 0. The molecule has 0 amide bonds. The number of hydrogen-bond acceptors (Lipinski definition) is 3. The van der Waals surface area contributed by atoms with E-state index in [-0.39, 0.29) is 0 Å². The number of benzene rings is 1. The van der Waals surface area contributed by atoms with Crippen LogP contribution < -0.4 is 0 Å². The number of carbonyl (C=O) groups excluding carboxylic acids is 1. The van der Waals surface area contributed by atoms with E-state index in [4.69, 9.17) is 0 Å². The van der Waals surface area contributed by atoms with E-state index in [1.54, 1.807) is 22.7 Å². The Morgan fingerprint density at radius 1 is 0.833 bits per heavy atom. The van der Waals surface area contributed by atoms with Gasteiger partial charge in [0.25, 0.3) is 0 Å². The average molecular weight is 270 g/mol. The van der Waals surface area contributed by atoms with Crippen molar-refractivity contribution in [3.8, 4) is 20.2 Å². The molecule has 2 aromatic heterocycles. The highest BCUT2D eigenvalue weighted by Crippen LogP contribution is 2.36. The van der Waals surface area contributed by atoms with Gasteiger partial charge in [0, 0.05) is 20.2 Å². The minimum atomic E-state index is 0.716. The number of thiophene rings is 2. The zero-order chi connectivity index (χ0) is 12.4. The summed E-state index contributed by atoms with van der Waals surface area (Å²) in [5, 5.41) is 2.09. The summed E-state index contributed by atoms with van der Waals surface area (Å²) in [5.74, 6) is 0. The molecule has 88 valence electrons. The first-order valence-electron chi connectivity index (χ1n) is 5.56. The molecule has 1 nitrogen and oxygen atoms in total. The molecule has 1 aromatic carbocycles. The van der Waals surface area contributed by atoms with E-state index >= 15 is 0 Å². The lowest BCUT2D eigenvalue weighted by molar-refractivity contribution is 0.112. The minimum Gasteiger partial charge on any atom is -0.298 e. The summed E-state index contributed by atoms with van der Waals surface area (Å²) in [6, 6.07) is 16.2. The molecule has 18 heavy (non-hydrogen) atoms. The summed E-state index contributed by atoms with van der Waals surface area (Å²) < 4.78 is 0. The Morgan fingerprint density at radius 3 is 2.28 bits per heavy atom. The van der Waals surface area contributed by atoms with Gasteiger partial charge in [0.05, 0.1) is 0 Å². The van der Waals surface area contributed by atoms with Crippen LogP contribution in [0.15, 0.2) is 53.9 Å². The van der Waals surface area contributed by atoms with E-state index in [1.807, 2.05) is 24.3 Å². The molecule has 0 fully saturated rings. The summed E-state index contributed by atoms with van der Waals surface area (Å²) in [4.78, 5) is 14.4. The van der Waals surface area contributed by atoms with Gasteiger partial charge in [-0.2, -0.15) is 0 Å². The average Bonchev–Trinajstić information content (AvgIpc) is 3.09. The standard InChI is InChI=1S/C15H10OS2/c16-10-11-3-5-12(6-4-11)13-7-8-15(18-13)14-2-1-9-17-14/h1-10H. The van der Waals surface area contributed by atoms with Crippen LogP contribution in [0.25, 0.3) is 20.2 Å². The van der Waals surface area contributed by atoms with Crippen LogP contribution in [-0.4, -0.2) is 6.29 Å². The molecule has 2 heterocycles. The molecule has 0 bridgehead atoms. The molecule has 0 atom stereocenters. The molecule has 3 heteroatoms. The van der Waals surface area contributed by atoms with Crippen LogP contribution >= 0.6 is 22.7 Å². The Balaban J connectivity index is 1.95. The maximum absolute atomic E-state index is 10.6. The lowest BCUT2D eigenvalue weighted by Gasteiger charge is -1.97. The van der Waals surface area contributed by atoms with Crippen LogP contribution in [0, 0.1) is 0 Å². The van der Waals surface area contributed by atoms with E-state index in [0.717, 1.165) is 11.8 Å². The van der Waals surface area contributed by atoms with Crippen LogP contribution in [0.5, 0.6) is 0 Å². The molecule has 3 rings (SSSR count). The first kappa shape index (κ1) is 11.4. The molecule has 0 saturated carbocycles. The van der Waals surface area contributed by atoms with Crippen molar-refractivity contribution in [2.45, 2.75) is 0 Å². The monoisotopic (exact) mass is 270 g/mol. The van der Waals surface area contributed by atoms with Crippen LogP contribution in [0.4, 0.5) is 0 Å². The van der Waals surface area contributed by atoms with Gasteiger partial charge in [-0.1, -0.05) is 30.3 Å². The topological polar surface area (TPSA) is 17.1 Å². The van der Waals surface area contributed by atoms with Crippen molar-refractivity contribution in [2.75, 3.05) is 0 Å². The Hall–Kier alpha value is -1.71. The number of aldehydes is 1. The van der Waals surface area contributed by atoms with Crippen LogP contribution in [0.3, 0.4) is 0 Å². The Bertz CT molecular complexity index is 648. The van der Waals surface area contributed by atoms with E-state index < -0.39 is 0 Å². The van der Waals surface area contributed by atoms with E-state index in [0.29, 0.717) is 5.56 Å². The summed E-state index contributed by atoms with van der Waals surface area (Å²) >= 11 is 3.53. The summed E-state index contributed by atoms with van der Waals surface area (Å²) in [6.45, 7) is 0. The number of carbonyl (C=O) groups is 1. The van der Waals surface area contributed by atoms with Crippen LogP contribution in [0.1, 0.15) is 10.4 Å². The second-order valence-electron chi connectivity index (χ2n) is 3.88. The largest absolute Gasteiger partial charge is 0.298 e. The lowest BCUT2D eigenvalue weighted by atomic mass is 10.1. The van der Waals surface area contributed by atoms with Gasteiger partial charge in [0.2, 0.25) is 0 Å². The normalized spacial score (nSPS) is 10.4. The third kappa shape index (κ3) is 2.15. The first-order valence-corrected chi connectivity index (χ1v) is 7.26. The summed E-state index contributed by atoms with van der Waals surface area (Å²) in [6.07, 6.45) is 0.870. The maximum atomic E-state index is 10.6. The van der Waals surface area contributed by atoms with Crippen LogP contribution in [0.2, 0.25) is 0 Å². The molecule has 0 aliphatic heterocycles. The minimum absolute atomic E-state index is 0.716. The van der Waals surface area contributed by atoms with Gasteiger partial charge in [-0.15, -0.1) is 22.7 Å². The van der Waals surface area contributed by atoms with Gasteiger partial charge >= 0.3 is 0 Å². The fourth-order valence-corrected chi connectivity index (χ4v) is 3.62. The van der Waals surface area contributed by atoms with Crippen molar-refractivity contribution in [1.29, 1.82) is 0 Å². The third-order valence-electron chi connectivity index (χ3n) is 2.70. The molecule has 0 saturated heterocycles. The van der Waals surface area contributed by atoms with E-state index in [1.165, 1.54) is 14.6 Å². The van der Waals surface area contributed by atoms with Gasteiger partial charge in [-0.05, 0) is 29.1 Å². The highest BCUT2D eigenvalue weighted by atomic mass is 32.1. The maximum Gasteiger partial charge on any atom is 0.150 e. The van der Waals surface area contributed by atoms with Crippen LogP contribution in [-0.2, 0) is 0 Å². The van der Waals surface area contributed by atoms with Gasteiger partial charge in [0.15, 0.2) is 0 Å². The first-order chi connectivity index (χ1) is 8.86. The smallest absolute Gasteiger partial charge is 0.150 e. The van der Waals surface area contributed by atoms with Gasteiger partial charge in [0.1, 0.15) is 6.29 Å². The highest BCUT2D eigenvalue weighted by molar-refractivity contribution is 7.23. The highest BCUT2D eigenvalue weighted by Gasteiger charge is 2.05. The summed E-state index contributed by atoms with van der Waals surface area (Å²) in [7, 11) is 0. The molecular weight excluding hydrogens is 260 g/mol. The predicted octanol–water partition coefficient (Wildman–Crippen LogP) is 4.96. The van der Waals surface area contributed by atoms with Gasteiger partial charge in [-0.25, -0.2) is 0 Å². The van der Waals surface area contributed by atoms with Crippen molar-refractivity contribution < 1.29 is 4.79 Å². The van der Waals surface area contributed by atoms with Gasteiger partial charge < -0.3 is 0 Å². The lowest BCUT2D eigenvalue weighted by Crippen LogP contribution is -1.78. The van der Waals surface area contributed by atoms with E-state index in [9.17, 15) is 4.79 Å². The fourth-order valence-electron chi connectivity index (χ4n) is 1.77. The molecule has 0 aliphatic rings. The number of hydrogen-bond donors (Lipinski definition) is 0. The molecule has 3 aromatic rings. The second kappa shape index (κ2) is 4.88. The Kier molecular flexibility index (Phi) is 3.09. The molecule has 0 unspecified atom stereocenters.